The minimum atomic E-state index is -1.52. The van der Waals surface area contributed by atoms with E-state index in [9.17, 15) is 24.0 Å². The number of rotatable bonds is 4. The number of carbonyl (C=O) groups is 2. The normalized spacial score (nSPS) is 9.95. The first-order valence-corrected chi connectivity index (χ1v) is 6.68. The Kier molecular flexibility index (Phi) is 5.83. The fraction of sp³-hybridized carbons (Fsp3) is 0. The van der Waals surface area contributed by atoms with Gasteiger partial charge in [0.2, 0.25) is 0 Å². The van der Waals surface area contributed by atoms with Crippen molar-refractivity contribution in [2.24, 2.45) is 0 Å². The van der Waals surface area contributed by atoms with Gasteiger partial charge in [-0.2, -0.15) is 0 Å². The topological polar surface area (TPSA) is 97.3 Å². The average molecular weight is 347 g/mol. The van der Waals surface area contributed by atoms with Crippen LogP contribution in [-0.2, 0) is 27.6 Å². The van der Waals surface area contributed by atoms with Crippen molar-refractivity contribution >= 4 is 22.7 Å². The summed E-state index contributed by atoms with van der Waals surface area (Å²) < 4.78 is 12.2. The summed E-state index contributed by atoms with van der Waals surface area (Å²) in [6.45, 7) is 0. The van der Waals surface area contributed by atoms with Crippen LogP contribution in [0.2, 0.25) is 0 Å². The van der Waals surface area contributed by atoms with Crippen LogP contribution in [0.25, 0.3) is 0 Å². The van der Waals surface area contributed by atoms with E-state index in [0.717, 1.165) is 0 Å². The van der Waals surface area contributed by atoms with Crippen molar-refractivity contribution in [3.63, 3.8) is 0 Å². The minimum absolute atomic E-state index is 0. The van der Waals surface area contributed by atoms with Gasteiger partial charge in [-0.3, -0.25) is 0 Å². The van der Waals surface area contributed by atoms with Crippen molar-refractivity contribution in [1.29, 1.82) is 0 Å². The van der Waals surface area contributed by atoms with E-state index in [-0.39, 0.29) is 27.9 Å². The van der Waals surface area contributed by atoms with Gasteiger partial charge in [0.05, 0.1) is 22.7 Å². The quantitative estimate of drug-likeness (QED) is 0.748. The first kappa shape index (κ1) is 17.1. The summed E-state index contributed by atoms with van der Waals surface area (Å²) in [5.41, 5.74) is -0.00361. The molecule has 1 radical (unpaired) electrons. The Hall–Kier alpha value is -1.96. The summed E-state index contributed by atoms with van der Waals surface area (Å²) in [4.78, 5) is 22.0. The van der Waals surface area contributed by atoms with Gasteiger partial charge in [0.25, 0.3) is 0 Å². The molecule has 2 aromatic rings. The van der Waals surface area contributed by atoms with Crippen molar-refractivity contribution < 1.29 is 40.8 Å². The molecule has 0 atom stereocenters. The molecule has 0 saturated carbocycles. The third kappa shape index (κ3) is 4.00. The molecule has 2 aromatic carbocycles. The van der Waals surface area contributed by atoms with E-state index in [2.05, 4.69) is 0 Å². The van der Waals surface area contributed by atoms with Crippen molar-refractivity contribution in [2.75, 3.05) is 0 Å². The van der Waals surface area contributed by atoms with Gasteiger partial charge in [-0.1, -0.05) is 24.3 Å². The Morgan fingerprint density at radius 1 is 0.714 bits per heavy atom. The molecule has 0 unspecified atom stereocenters. The molecule has 0 N–H and O–H groups in total. The monoisotopic (exact) mass is 347 g/mol. The zero-order valence-corrected chi connectivity index (χ0v) is 12.3. The maximum absolute atomic E-state index is 12.2. The van der Waals surface area contributed by atoms with Gasteiger partial charge in [0.1, 0.15) is 0 Å². The van der Waals surface area contributed by atoms with E-state index >= 15 is 0 Å². The molecule has 2 rings (SSSR count). The minimum Gasteiger partial charge on any atom is -0.545 e. The molecule has 7 heteroatoms. The van der Waals surface area contributed by atoms with Gasteiger partial charge < -0.3 is 19.8 Å². The molecule has 21 heavy (non-hydrogen) atoms. The van der Waals surface area contributed by atoms with E-state index in [1.807, 2.05) is 0 Å². The first-order chi connectivity index (χ1) is 9.49. The predicted octanol–water partition coefficient (Wildman–Crippen LogP) is -0.422. The smallest absolute Gasteiger partial charge is 0.545 e. The standard InChI is InChI=1S/C14H10O5S.Co/c15-13(16)9-1-5-11(6-2-9)20(19)12-7-3-10(4-8-12)14(17)18;/h1-8H,(H,15,16)(H,17,18);/q;+2/p-2. The summed E-state index contributed by atoms with van der Waals surface area (Å²) in [5.74, 6) is -2.61. The molecule has 0 aliphatic heterocycles. The molecule has 0 aliphatic carbocycles. The molecule has 0 bridgehead atoms. The average Bonchev–Trinajstić information content (AvgIpc) is 2.46. The van der Waals surface area contributed by atoms with Crippen LogP contribution in [-0.4, -0.2) is 16.1 Å². The van der Waals surface area contributed by atoms with Gasteiger partial charge in [-0.05, 0) is 35.4 Å². The number of benzene rings is 2. The Labute approximate surface area is 133 Å². The van der Waals surface area contributed by atoms with Crippen LogP contribution in [0.3, 0.4) is 0 Å². The Morgan fingerprint density at radius 3 is 1.24 bits per heavy atom. The van der Waals surface area contributed by atoms with E-state index < -0.39 is 22.7 Å². The number of aromatic carboxylic acids is 2. The summed E-state index contributed by atoms with van der Waals surface area (Å²) in [5, 5.41) is 21.2. The number of hydrogen-bond acceptors (Lipinski definition) is 5. The fourth-order valence-electron chi connectivity index (χ4n) is 1.57. The van der Waals surface area contributed by atoms with Gasteiger partial charge in [0.15, 0.2) is 0 Å². The van der Waals surface area contributed by atoms with Crippen LogP contribution in [0.5, 0.6) is 0 Å². The van der Waals surface area contributed by atoms with Crippen LogP contribution < -0.4 is 10.2 Å². The SMILES string of the molecule is O=C([O-])c1ccc(S(=O)c2ccc(C(=O)[O-])cc2)cc1.[Co+2]. The largest absolute Gasteiger partial charge is 2.00 e. The summed E-state index contributed by atoms with van der Waals surface area (Å²) >= 11 is 0. The van der Waals surface area contributed by atoms with Crippen LogP contribution in [0.1, 0.15) is 20.7 Å². The Morgan fingerprint density at radius 2 is 1.00 bits per heavy atom. The second-order valence-corrected chi connectivity index (χ2v) is 5.37. The van der Waals surface area contributed by atoms with Crippen molar-refractivity contribution in [3.8, 4) is 0 Å². The Bertz CT molecular complexity index is 620. The van der Waals surface area contributed by atoms with E-state index in [1.54, 1.807) is 0 Å². The van der Waals surface area contributed by atoms with Crippen molar-refractivity contribution in [1.82, 2.24) is 0 Å². The molecule has 0 saturated heterocycles. The molecule has 0 aliphatic rings. The molecular weight excluding hydrogens is 339 g/mol. The van der Waals surface area contributed by atoms with E-state index in [0.29, 0.717) is 9.79 Å². The zero-order valence-electron chi connectivity index (χ0n) is 10.4. The van der Waals surface area contributed by atoms with Crippen molar-refractivity contribution in [2.45, 2.75) is 9.79 Å². The predicted molar refractivity (Wildman–Crippen MR) is 66.2 cm³/mol. The molecule has 5 nitrogen and oxygen atoms in total. The zero-order chi connectivity index (χ0) is 14.7. The van der Waals surface area contributed by atoms with Gasteiger partial charge >= 0.3 is 16.8 Å². The third-order valence-corrected chi connectivity index (χ3v) is 4.01. The second-order valence-electron chi connectivity index (χ2n) is 3.89. The maximum atomic E-state index is 12.2. The van der Waals surface area contributed by atoms with Gasteiger partial charge in [-0.15, -0.1) is 0 Å². The fourth-order valence-corrected chi connectivity index (χ4v) is 2.60. The van der Waals surface area contributed by atoms with Gasteiger partial charge in [0, 0.05) is 9.79 Å². The molecule has 0 aromatic heterocycles. The molecular formula is C14H8CoO5S. The summed E-state index contributed by atoms with van der Waals surface area (Å²) in [7, 11) is -1.52. The summed E-state index contributed by atoms with van der Waals surface area (Å²) in [6.07, 6.45) is 0. The van der Waals surface area contributed by atoms with Crippen LogP contribution >= 0.6 is 0 Å². The molecule has 0 amide bonds. The molecule has 0 spiro atoms. The van der Waals surface area contributed by atoms with Crippen LogP contribution in [0.4, 0.5) is 0 Å². The number of carbonyl (C=O) groups excluding carboxylic acids is 2. The van der Waals surface area contributed by atoms with Crippen LogP contribution in [0.15, 0.2) is 58.3 Å². The number of carboxylic acids is 2. The van der Waals surface area contributed by atoms with Crippen LogP contribution in [0, 0.1) is 0 Å². The van der Waals surface area contributed by atoms with E-state index in [4.69, 9.17) is 0 Å². The third-order valence-electron chi connectivity index (χ3n) is 2.61. The molecule has 0 heterocycles. The van der Waals surface area contributed by atoms with Crippen molar-refractivity contribution in [3.05, 3.63) is 59.7 Å². The maximum Gasteiger partial charge on any atom is 2.00 e. The number of carboxylic acid groups (broad SMARTS) is 2. The first-order valence-electron chi connectivity index (χ1n) is 5.53. The molecule has 0 fully saturated rings. The molecule has 109 valence electrons. The summed E-state index contributed by atoms with van der Waals surface area (Å²) in [6, 6.07) is 10.9. The number of hydrogen-bond donors (Lipinski definition) is 0. The van der Waals surface area contributed by atoms with E-state index in [1.165, 1.54) is 48.5 Å². The second kappa shape index (κ2) is 7.16. The Balaban J connectivity index is 0.00000220. The van der Waals surface area contributed by atoms with Gasteiger partial charge in [-0.25, -0.2) is 4.21 Å².